The van der Waals surface area contributed by atoms with E-state index in [1.807, 2.05) is 48.5 Å². The molecule has 0 aliphatic heterocycles. The number of rotatable bonds is 7. The zero-order valence-electron chi connectivity index (χ0n) is 16.6. The van der Waals surface area contributed by atoms with Crippen molar-refractivity contribution < 1.29 is 19.4 Å². The minimum Gasteiger partial charge on any atom is -0.493 e. The zero-order chi connectivity index (χ0) is 22.0. The van der Waals surface area contributed by atoms with Crippen LogP contribution in [0.4, 0.5) is 0 Å². The number of benzene rings is 3. The fourth-order valence-electron chi connectivity index (χ4n) is 3.57. The van der Waals surface area contributed by atoms with E-state index in [4.69, 9.17) is 32.7 Å². The molecule has 0 unspecified atom stereocenters. The Kier molecular flexibility index (Phi) is 6.07. The molecule has 0 amide bonds. The van der Waals surface area contributed by atoms with Gasteiger partial charge in [0.15, 0.2) is 11.5 Å². The maximum absolute atomic E-state index is 11.5. The van der Waals surface area contributed by atoms with Crippen molar-refractivity contribution in [3.05, 3.63) is 81.8 Å². The van der Waals surface area contributed by atoms with Crippen LogP contribution in [-0.2, 0) is 17.8 Å². The molecule has 4 aromatic rings. The lowest BCUT2D eigenvalue weighted by Gasteiger charge is -2.13. The standard InChI is InChI=1S/C24H19Cl2NO4/c1-30-21-9-15(7-8-20(21)31-13-14-5-3-2-4-6-14)24-17(12-22(28)29)23-18(26)10-16(25)11-19(23)27-24/h2-11,27H,12-13H2,1H3,(H,28,29). The summed E-state index contributed by atoms with van der Waals surface area (Å²) in [4.78, 5) is 14.8. The summed E-state index contributed by atoms with van der Waals surface area (Å²) in [7, 11) is 1.56. The van der Waals surface area contributed by atoms with Crippen molar-refractivity contribution in [3.63, 3.8) is 0 Å². The van der Waals surface area contributed by atoms with Gasteiger partial charge in [-0.05, 0) is 41.5 Å². The summed E-state index contributed by atoms with van der Waals surface area (Å²) in [6.07, 6.45) is -0.189. The molecule has 0 radical (unpaired) electrons. The summed E-state index contributed by atoms with van der Waals surface area (Å²) in [5, 5.41) is 11.0. The lowest BCUT2D eigenvalue weighted by Crippen LogP contribution is -2.01. The van der Waals surface area contributed by atoms with Crippen LogP contribution < -0.4 is 9.47 Å². The minimum atomic E-state index is -0.956. The topological polar surface area (TPSA) is 71.6 Å². The summed E-state index contributed by atoms with van der Waals surface area (Å²) in [6, 6.07) is 18.6. The monoisotopic (exact) mass is 455 g/mol. The van der Waals surface area contributed by atoms with Gasteiger partial charge in [-0.1, -0.05) is 53.5 Å². The fraction of sp³-hybridized carbons (Fsp3) is 0.125. The first kappa shape index (κ1) is 21.1. The molecule has 0 bridgehead atoms. The van der Waals surface area contributed by atoms with Crippen LogP contribution in [0, 0.1) is 0 Å². The van der Waals surface area contributed by atoms with E-state index in [9.17, 15) is 9.90 Å². The second-order valence-corrected chi connectivity index (χ2v) is 7.84. The van der Waals surface area contributed by atoms with Crippen LogP contribution in [0.5, 0.6) is 11.5 Å². The molecule has 3 aromatic carbocycles. The van der Waals surface area contributed by atoms with Crippen molar-refractivity contribution in [2.45, 2.75) is 13.0 Å². The number of carboxylic acid groups (broad SMARTS) is 1. The molecule has 2 N–H and O–H groups in total. The van der Waals surface area contributed by atoms with Gasteiger partial charge in [-0.25, -0.2) is 0 Å². The van der Waals surface area contributed by atoms with Gasteiger partial charge in [-0.2, -0.15) is 0 Å². The van der Waals surface area contributed by atoms with Gasteiger partial charge in [-0.3, -0.25) is 4.79 Å². The van der Waals surface area contributed by atoms with Crippen LogP contribution in [0.2, 0.25) is 10.0 Å². The third-order valence-corrected chi connectivity index (χ3v) is 5.45. The maximum Gasteiger partial charge on any atom is 0.307 e. The number of halogens is 2. The second-order valence-electron chi connectivity index (χ2n) is 7.00. The third kappa shape index (κ3) is 4.48. The number of hydrogen-bond donors (Lipinski definition) is 2. The van der Waals surface area contributed by atoms with Crippen molar-refractivity contribution in [2.24, 2.45) is 0 Å². The molecular formula is C24H19Cl2NO4. The van der Waals surface area contributed by atoms with Crippen molar-refractivity contribution in [1.82, 2.24) is 4.98 Å². The Labute approximate surface area is 189 Å². The van der Waals surface area contributed by atoms with E-state index in [0.29, 0.717) is 50.3 Å². The molecule has 4 rings (SSSR count). The van der Waals surface area contributed by atoms with Gasteiger partial charge < -0.3 is 19.6 Å². The largest absolute Gasteiger partial charge is 0.493 e. The van der Waals surface area contributed by atoms with Crippen LogP contribution >= 0.6 is 23.2 Å². The summed E-state index contributed by atoms with van der Waals surface area (Å²) < 4.78 is 11.5. The molecule has 0 aliphatic carbocycles. The van der Waals surface area contributed by atoms with Crippen LogP contribution in [-0.4, -0.2) is 23.2 Å². The molecule has 0 atom stereocenters. The molecule has 31 heavy (non-hydrogen) atoms. The Morgan fingerprint density at radius 1 is 1.03 bits per heavy atom. The summed E-state index contributed by atoms with van der Waals surface area (Å²) in [5.74, 6) is 0.174. The highest BCUT2D eigenvalue weighted by Gasteiger charge is 2.20. The second kappa shape index (κ2) is 8.92. The number of fused-ring (bicyclic) bond motifs is 1. The molecule has 0 spiro atoms. The van der Waals surface area contributed by atoms with E-state index in [-0.39, 0.29) is 6.42 Å². The maximum atomic E-state index is 11.5. The normalized spacial score (nSPS) is 10.9. The van der Waals surface area contributed by atoms with Crippen LogP contribution in [0.3, 0.4) is 0 Å². The van der Waals surface area contributed by atoms with Crippen molar-refractivity contribution in [1.29, 1.82) is 0 Å². The number of H-pyrrole nitrogens is 1. The van der Waals surface area contributed by atoms with Gasteiger partial charge in [0.1, 0.15) is 6.61 Å². The Morgan fingerprint density at radius 3 is 2.52 bits per heavy atom. The predicted molar refractivity (Wildman–Crippen MR) is 122 cm³/mol. The molecular weight excluding hydrogens is 437 g/mol. The molecule has 0 fully saturated rings. The van der Waals surface area contributed by atoms with Crippen LogP contribution in [0.25, 0.3) is 22.2 Å². The molecule has 0 aliphatic rings. The molecule has 0 saturated carbocycles. The number of methoxy groups -OCH3 is 1. The number of carboxylic acids is 1. The first-order valence-corrected chi connectivity index (χ1v) is 10.3. The summed E-state index contributed by atoms with van der Waals surface area (Å²) in [5.41, 5.74) is 3.70. The van der Waals surface area contributed by atoms with E-state index in [2.05, 4.69) is 4.98 Å². The van der Waals surface area contributed by atoms with E-state index >= 15 is 0 Å². The lowest BCUT2D eigenvalue weighted by atomic mass is 10.0. The van der Waals surface area contributed by atoms with Crippen molar-refractivity contribution >= 4 is 40.1 Å². The van der Waals surface area contributed by atoms with E-state index < -0.39 is 5.97 Å². The average Bonchev–Trinajstić information content (AvgIpc) is 3.10. The van der Waals surface area contributed by atoms with Gasteiger partial charge >= 0.3 is 5.97 Å². The number of aromatic amines is 1. The van der Waals surface area contributed by atoms with Crippen molar-refractivity contribution in [3.8, 4) is 22.8 Å². The SMILES string of the molecule is COc1cc(-c2[nH]c3cc(Cl)cc(Cl)c3c2CC(=O)O)ccc1OCc1ccccc1. The van der Waals surface area contributed by atoms with E-state index in [1.165, 1.54) is 0 Å². The highest BCUT2D eigenvalue weighted by Crippen LogP contribution is 2.39. The van der Waals surface area contributed by atoms with Crippen molar-refractivity contribution in [2.75, 3.05) is 7.11 Å². The third-order valence-electron chi connectivity index (χ3n) is 4.94. The fourth-order valence-corrected chi connectivity index (χ4v) is 4.17. The molecule has 1 heterocycles. The Morgan fingerprint density at radius 2 is 1.81 bits per heavy atom. The number of aliphatic carboxylic acids is 1. The Balaban J connectivity index is 1.75. The lowest BCUT2D eigenvalue weighted by molar-refractivity contribution is -0.136. The molecule has 158 valence electrons. The number of nitrogens with one attached hydrogen (secondary N) is 1. The summed E-state index contributed by atoms with van der Waals surface area (Å²) in [6.45, 7) is 0.404. The number of ether oxygens (including phenoxy) is 2. The predicted octanol–water partition coefficient (Wildman–Crippen LogP) is 6.36. The molecule has 1 aromatic heterocycles. The number of carbonyl (C=O) groups is 1. The van der Waals surface area contributed by atoms with E-state index in [0.717, 1.165) is 11.1 Å². The van der Waals surface area contributed by atoms with Gasteiger partial charge in [0.2, 0.25) is 0 Å². The first-order valence-electron chi connectivity index (χ1n) is 9.52. The Bertz CT molecular complexity index is 1250. The van der Waals surface area contributed by atoms with E-state index in [1.54, 1.807) is 19.2 Å². The Hall–Kier alpha value is -3.15. The molecule has 5 nitrogen and oxygen atoms in total. The highest BCUT2D eigenvalue weighted by atomic mass is 35.5. The minimum absolute atomic E-state index is 0.189. The van der Waals surface area contributed by atoms with Gasteiger partial charge in [0.25, 0.3) is 0 Å². The highest BCUT2D eigenvalue weighted by molar-refractivity contribution is 6.39. The average molecular weight is 456 g/mol. The quantitative estimate of drug-likeness (QED) is 0.340. The molecule has 0 saturated heterocycles. The smallest absolute Gasteiger partial charge is 0.307 e. The number of aromatic nitrogens is 1. The number of hydrogen-bond acceptors (Lipinski definition) is 3. The molecule has 7 heteroatoms. The van der Waals surface area contributed by atoms with Gasteiger partial charge in [0.05, 0.1) is 24.2 Å². The zero-order valence-corrected chi connectivity index (χ0v) is 18.1. The van der Waals surface area contributed by atoms with Crippen LogP contribution in [0.1, 0.15) is 11.1 Å². The summed E-state index contributed by atoms with van der Waals surface area (Å²) >= 11 is 12.5. The van der Waals surface area contributed by atoms with Gasteiger partial charge in [0, 0.05) is 21.5 Å². The first-order chi connectivity index (χ1) is 15.0. The van der Waals surface area contributed by atoms with Gasteiger partial charge in [-0.15, -0.1) is 0 Å². The van der Waals surface area contributed by atoms with Crippen LogP contribution in [0.15, 0.2) is 60.7 Å².